The van der Waals surface area contributed by atoms with Gasteiger partial charge in [-0.3, -0.25) is 4.90 Å². The second kappa shape index (κ2) is 7.36. The van der Waals surface area contributed by atoms with Crippen LogP contribution in [0.3, 0.4) is 0 Å². The summed E-state index contributed by atoms with van der Waals surface area (Å²) in [6.45, 7) is 10.0. The zero-order chi connectivity index (χ0) is 13.7. The van der Waals surface area contributed by atoms with Crippen molar-refractivity contribution in [3.05, 3.63) is 16.1 Å². The van der Waals surface area contributed by atoms with Crippen LogP contribution in [-0.2, 0) is 13.1 Å². The number of hydrogen-bond donors (Lipinski definition) is 1. The van der Waals surface area contributed by atoms with Gasteiger partial charge in [-0.25, -0.2) is 4.98 Å². The summed E-state index contributed by atoms with van der Waals surface area (Å²) in [4.78, 5) is 8.52. The maximum Gasteiger partial charge on any atom is 0.107 e. The van der Waals surface area contributed by atoms with Gasteiger partial charge in [0.05, 0.1) is 6.54 Å². The number of piperidine rings is 1. The van der Waals surface area contributed by atoms with Gasteiger partial charge < -0.3 is 5.32 Å². The molecule has 0 amide bonds. The standard InChI is InChI=1S/C15H27N3S/c1-4-12(2)16-9-14-10-17-15(19-14)11-18-8-6-5-7-13(18)3/h10,12-13,16H,4-9,11H2,1-3H3. The monoisotopic (exact) mass is 281 g/mol. The molecule has 0 bridgehead atoms. The molecule has 0 spiro atoms. The van der Waals surface area contributed by atoms with Crippen molar-refractivity contribution in [3.8, 4) is 0 Å². The van der Waals surface area contributed by atoms with E-state index < -0.39 is 0 Å². The van der Waals surface area contributed by atoms with E-state index in [1.807, 2.05) is 17.5 Å². The average molecular weight is 281 g/mol. The average Bonchev–Trinajstić information content (AvgIpc) is 2.86. The fraction of sp³-hybridized carbons (Fsp3) is 0.800. The molecule has 2 atom stereocenters. The predicted octanol–water partition coefficient (Wildman–Crippen LogP) is 3.41. The van der Waals surface area contributed by atoms with Crippen LogP contribution >= 0.6 is 11.3 Å². The molecule has 3 nitrogen and oxygen atoms in total. The van der Waals surface area contributed by atoms with E-state index >= 15 is 0 Å². The first-order chi connectivity index (χ1) is 9.19. The van der Waals surface area contributed by atoms with Gasteiger partial charge in [-0.2, -0.15) is 0 Å². The largest absolute Gasteiger partial charge is 0.309 e. The molecule has 0 radical (unpaired) electrons. The van der Waals surface area contributed by atoms with Gasteiger partial charge in [0.2, 0.25) is 0 Å². The number of nitrogens with zero attached hydrogens (tertiary/aromatic N) is 2. The Morgan fingerprint density at radius 3 is 3.11 bits per heavy atom. The van der Waals surface area contributed by atoms with Gasteiger partial charge in [0.1, 0.15) is 5.01 Å². The molecule has 108 valence electrons. The van der Waals surface area contributed by atoms with Crippen LogP contribution in [0.1, 0.15) is 56.3 Å². The smallest absolute Gasteiger partial charge is 0.107 e. The van der Waals surface area contributed by atoms with Gasteiger partial charge in [0, 0.05) is 29.7 Å². The zero-order valence-corrected chi connectivity index (χ0v) is 13.3. The molecule has 2 heterocycles. The number of aromatic nitrogens is 1. The fourth-order valence-electron chi connectivity index (χ4n) is 2.49. The minimum Gasteiger partial charge on any atom is -0.309 e. The fourth-order valence-corrected chi connectivity index (χ4v) is 3.39. The van der Waals surface area contributed by atoms with Crippen molar-refractivity contribution in [1.29, 1.82) is 0 Å². The Kier molecular flexibility index (Phi) is 5.79. The van der Waals surface area contributed by atoms with Crippen LogP contribution in [0, 0.1) is 0 Å². The van der Waals surface area contributed by atoms with Crippen molar-refractivity contribution in [3.63, 3.8) is 0 Å². The summed E-state index contributed by atoms with van der Waals surface area (Å²) in [6.07, 6.45) is 7.30. The maximum absolute atomic E-state index is 4.59. The van der Waals surface area contributed by atoms with E-state index in [4.69, 9.17) is 0 Å². The summed E-state index contributed by atoms with van der Waals surface area (Å²) < 4.78 is 0. The van der Waals surface area contributed by atoms with Crippen molar-refractivity contribution in [2.45, 2.75) is 71.6 Å². The molecule has 1 N–H and O–H groups in total. The SMILES string of the molecule is CCC(C)NCc1cnc(CN2CCCCC2C)s1. The van der Waals surface area contributed by atoms with Crippen molar-refractivity contribution in [2.24, 2.45) is 0 Å². The van der Waals surface area contributed by atoms with Crippen LogP contribution in [0.15, 0.2) is 6.20 Å². The van der Waals surface area contributed by atoms with Gasteiger partial charge in [-0.15, -0.1) is 11.3 Å². The highest BCUT2D eigenvalue weighted by Crippen LogP contribution is 2.21. The summed E-state index contributed by atoms with van der Waals surface area (Å²) in [5.74, 6) is 0. The van der Waals surface area contributed by atoms with Gasteiger partial charge in [0.25, 0.3) is 0 Å². The lowest BCUT2D eigenvalue weighted by atomic mass is 10.0. The third-order valence-corrected chi connectivity index (χ3v) is 5.10. The highest BCUT2D eigenvalue weighted by Gasteiger charge is 2.19. The van der Waals surface area contributed by atoms with Crippen molar-refractivity contribution < 1.29 is 0 Å². The van der Waals surface area contributed by atoms with E-state index in [9.17, 15) is 0 Å². The van der Waals surface area contributed by atoms with E-state index in [1.165, 1.54) is 42.1 Å². The molecule has 0 aliphatic carbocycles. The molecule has 0 aromatic carbocycles. The van der Waals surface area contributed by atoms with Crippen molar-refractivity contribution in [1.82, 2.24) is 15.2 Å². The number of thiazole rings is 1. The van der Waals surface area contributed by atoms with E-state index in [0.29, 0.717) is 6.04 Å². The lowest BCUT2D eigenvalue weighted by Crippen LogP contribution is -2.36. The van der Waals surface area contributed by atoms with Crippen LogP contribution in [0.4, 0.5) is 0 Å². The molecule has 1 aliphatic heterocycles. The van der Waals surface area contributed by atoms with Crippen LogP contribution in [-0.4, -0.2) is 28.5 Å². The Hall–Kier alpha value is -0.450. The lowest BCUT2D eigenvalue weighted by molar-refractivity contribution is 0.152. The Bertz CT molecular complexity index is 377. The van der Waals surface area contributed by atoms with Crippen LogP contribution in [0.2, 0.25) is 0 Å². The van der Waals surface area contributed by atoms with Crippen LogP contribution in [0.5, 0.6) is 0 Å². The second-order valence-corrected chi connectivity index (χ2v) is 6.93. The van der Waals surface area contributed by atoms with E-state index in [2.05, 4.69) is 36.0 Å². The highest BCUT2D eigenvalue weighted by atomic mass is 32.1. The Labute approximate surface area is 121 Å². The Morgan fingerprint density at radius 1 is 1.53 bits per heavy atom. The van der Waals surface area contributed by atoms with Gasteiger partial charge in [0.15, 0.2) is 0 Å². The number of nitrogens with one attached hydrogen (secondary N) is 1. The van der Waals surface area contributed by atoms with Gasteiger partial charge >= 0.3 is 0 Å². The second-order valence-electron chi connectivity index (χ2n) is 5.73. The molecule has 19 heavy (non-hydrogen) atoms. The summed E-state index contributed by atoms with van der Waals surface area (Å²) in [6, 6.07) is 1.31. The molecular formula is C15H27N3S. The summed E-state index contributed by atoms with van der Waals surface area (Å²) in [7, 11) is 0. The molecular weight excluding hydrogens is 254 g/mol. The maximum atomic E-state index is 4.59. The molecule has 1 aromatic rings. The van der Waals surface area contributed by atoms with E-state index in [-0.39, 0.29) is 0 Å². The molecule has 2 unspecified atom stereocenters. The third kappa shape index (κ3) is 4.55. The quantitative estimate of drug-likeness (QED) is 0.866. The normalized spacial score (nSPS) is 22.6. The van der Waals surface area contributed by atoms with Crippen LogP contribution < -0.4 is 5.32 Å². The minimum atomic E-state index is 0.590. The summed E-state index contributed by atoms with van der Waals surface area (Å²) in [5, 5.41) is 4.80. The molecule has 4 heteroatoms. The zero-order valence-electron chi connectivity index (χ0n) is 12.5. The Morgan fingerprint density at radius 2 is 2.37 bits per heavy atom. The third-order valence-electron chi connectivity index (χ3n) is 4.12. The molecule has 1 fully saturated rings. The first-order valence-corrected chi connectivity index (χ1v) is 8.41. The van der Waals surface area contributed by atoms with Gasteiger partial charge in [-0.05, 0) is 39.7 Å². The molecule has 0 saturated carbocycles. The molecule has 1 aromatic heterocycles. The molecule has 2 rings (SSSR count). The predicted molar refractivity (Wildman–Crippen MR) is 82.4 cm³/mol. The first kappa shape index (κ1) is 14.9. The summed E-state index contributed by atoms with van der Waals surface area (Å²) >= 11 is 1.87. The van der Waals surface area contributed by atoms with Crippen LogP contribution in [0.25, 0.3) is 0 Å². The first-order valence-electron chi connectivity index (χ1n) is 7.60. The minimum absolute atomic E-state index is 0.590. The number of likely N-dealkylation sites (tertiary alicyclic amines) is 1. The molecule has 1 saturated heterocycles. The highest BCUT2D eigenvalue weighted by molar-refractivity contribution is 7.11. The van der Waals surface area contributed by atoms with E-state index in [0.717, 1.165) is 19.1 Å². The number of hydrogen-bond acceptors (Lipinski definition) is 4. The number of rotatable bonds is 6. The van der Waals surface area contributed by atoms with E-state index in [1.54, 1.807) is 0 Å². The topological polar surface area (TPSA) is 28.2 Å². The van der Waals surface area contributed by atoms with Gasteiger partial charge in [-0.1, -0.05) is 13.3 Å². The molecule has 1 aliphatic rings. The Balaban J connectivity index is 1.83. The van der Waals surface area contributed by atoms with Crippen molar-refractivity contribution in [2.75, 3.05) is 6.54 Å². The summed E-state index contributed by atoms with van der Waals surface area (Å²) in [5.41, 5.74) is 0. The lowest BCUT2D eigenvalue weighted by Gasteiger charge is -2.32. The van der Waals surface area contributed by atoms with Crippen molar-refractivity contribution >= 4 is 11.3 Å².